The van der Waals surface area contributed by atoms with Crippen molar-refractivity contribution in [1.82, 2.24) is 10.6 Å². The fourth-order valence-corrected chi connectivity index (χ4v) is 3.51. The number of carbonyl (C=O) groups is 1. The Morgan fingerprint density at radius 2 is 2.04 bits per heavy atom. The first-order valence-electron chi connectivity index (χ1n) is 9.05. The molecule has 1 aliphatic heterocycles. The molecule has 134 valence electrons. The van der Waals surface area contributed by atoms with Crippen molar-refractivity contribution >= 4 is 18.3 Å². The molecule has 2 fully saturated rings. The lowest BCUT2D eigenvalue weighted by Crippen LogP contribution is -2.45. The summed E-state index contributed by atoms with van der Waals surface area (Å²) in [6, 6.07) is 8.52. The first-order valence-corrected chi connectivity index (χ1v) is 9.05. The molecule has 4 nitrogen and oxygen atoms in total. The van der Waals surface area contributed by atoms with E-state index in [0.29, 0.717) is 18.6 Å². The summed E-state index contributed by atoms with van der Waals surface area (Å²) in [5.41, 5.74) is 1.18. The molecular formula is C19H29ClN2O2. The lowest BCUT2D eigenvalue weighted by molar-refractivity contribution is -0.121. The summed E-state index contributed by atoms with van der Waals surface area (Å²) in [5, 5.41) is 6.45. The Bertz CT molecular complexity index is 512. The molecule has 1 heterocycles. The van der Waals surface area contributed by atoms with Crippen LogP contribution in [0.2, 0.25) is 0 Å². The van der Waals surface area contributed by atoms with E-state index in [-0.39, 0.29) is 18.3 Å². The maximum Gasteiger partial charge on any atom is 0.220 e. The molecule has 24 heavy (non-hydrogen) atoms. The summed E-state index contributed by atoms with van der Waals surface area (Å²) in [5.74, 6) is 1.10. The Labute approximate surface area is 151 Å². The largest absolute Gasteiger partial charge is 0.490 e. The zero-order valence-corrected chi connectivity index (χ0v) is 15.1. The fraction of sp³-hybridized carbons (Fsp3) is 0.632. The zero-order valence-electron chi connectivity index (χ0n) is 14.3. The van der Waals surface area contributed by atoms with E-state index in [0.717, 1.165) is 38.1 Å². The van der Waals surface area contributed by atoms with Crippen LogP contribution < -0.4 is 15.4 Å². The molecule has 1 aliphatic carbocycles. The van der Waals surface area contributed by atoms with Crippen molar-refractivity contribution in [2.24, 2.45) is 0 Å². The second kappa shape index (κ2) is 9.90. The van der Waals surface area contributed by atoms with E-state index >= 15 is 0 Å². The van der Waals surface area contributed by atoms with Gasteiger partial charge < -0.3 is 15.4 Å². The van der Waals surface area contributed by atoms with Crippen LogP contribution in [0.4, 0.5) is 0 Å². The highest BCUT2D eigenvalue weighted by Crippen LogP contribution is 2.24. The number of hydrogen-bond acceptors (Lipinski definition) is 3. The van der Waals surface area contributed by atoms with Crippen molar-refractivity contribution in [1.29, 1.82) is 0 Å². The van der Waals surface area contributed by atoms with Crippen LogP contribution in [0.1, 0.15) is 50.5 Å². The van der Waals surface area contributed by atoms with E-state index in [1.807, 2.05) is 12.1 Å². The van der Waals surface area contributed by atoms with Crippen LogP contribution in [0, 0.1) is 0 Å². The minimum absolute atomic E-state index is 0. The molecule has 1 saturated carbocycles. The lowest BCUT2D eigenvalue weighted by atomic mass is 10.1. The molecule has 1 saturated heterocycles. The van der Waals surface area contributed by atoms with Crippen LogP contribution in [0.5, 0.6) is 5.75 Å². The van der Waals surface area contributed by atoms with Gasteiger partial charge in [0.05, 0.1) is 6.10 Å². The van der Waals surface area contributed by atoms with E-state index in [1.165, 1.54) is 31.2 Å². The van der Waals surface area contributed by atoms with Crippen LogP contribution in [-0.4, -0.2) is 31.1 Å². The van der Waals surface area contributed by atoms with E-state index < -0.39 is 0 Å². The average Bonchev–Trinajstić information content (AvgIpc) is 3.07. The second-order valence-corrected chi connectivity index (χ2v) is 6.78. The maximum atomic E-state index is 12.1. The first kappa shape index (κ1) is 19.1. The van der Waals surface area contributed by atoms with Gasteiger partial charge >= 0.3 is 0 Å². The smallest absolute Gasteiger partial charge is 0.220 e. The molecular weight excluding hydrogens is 324 g/mol. The van der Waals surface area contributed by atoms with Crippen LogP contribution in [0.15, 0.2) is 24.3 Å². The van der Waals surface area contributed by atoms with Gasteiger partial charge in [-0.2, -0.15) is 0 Å². The van der Waals surface area contributed by atoms with Gasteiger partial charge in [0.25, 0.3) is 0 Å². The number of nitrogens with one attached hydrogen (secondary N) is 2. The highest BCUT2D eigenvalue weighted by Gasteiger charge is 2.17. The number of halogens is 1. The van der Waals surface area contributed by atoms with Gasteiger partial charge in [0.15, 0.2) is 0 Å². The molecule has 5 heteroatoms. The highest BCUT2D eigenvalue weighted by molar-refractivity contribution is 5.85. The van der Waals surface area contributed by atoms with Gasteiger partial charge in [-0.05, 0) is 69.2 Å². The van der Waals surface area contributed by atoms with Crippen LogP contribution >= 0.6 is 12.4 Å². The summed E-state index contributed by atoms with van der Waals surface area (Å²) in [4.78, 5) is 12.1. The number of carbonyl (C=O) groups excluding carboxylic acids is 1. The van der Waals surface area contributed by atoms with Gasteiger partial charge in [0.1, 0.15) is 5.75 Å². The van der Waals surface area contributed by atoms with Crippen molar-refractivity contribution in [2.45, 2.75) is 63.5 Å². The van der Waals surface area contributed by atoms with E-state index in [1.54, 1.807) is 0 Å². The molecule has 3 rings (SSSR count). The Kier molecular flexibility index (Phi) is 7.86. The Morgan fingerprint density at radius 1 is 1.21 bits per heavy atom. The average molecular weight is 353 g/mol. The molecule has 0 radical (unpaired) electrons. The molecule has 2 aliphatic rings. The van der Waals surface area contributed by atoms with Crippen molar-refractivity contribution in [3.8, 4) is 5.75 Å². The minimum atomic E-state index is 0. The molecule has 1 amide bonds. The predicted octanol–water partition coefficient (Wildman–Crippen LogP) is 3.23. The van der Waals surface area contributed by atoms with Gasteiger partial charge in [-0.3, -0.25) is 4.79 Å². The Hall–Kier alpha value is -1.26. The summed E-state index contributed by atoms with van der Waals surface area (Å²) >= 11 is 0. The molecule has 2 N–H and O–H groups in total. The summed E-state index contributed by atoms with van der Waals surface area (Å²) in [6.45, 7) is 1.97. The third kappa shape index (κ3) is 5.99. The van der Waals surface area contributed by atoms with Crippen LogP contribution in [-0.2, 0) is 11.2 Å². The topological polar surface area (TPSA) is 50.4 Å². The van der Waals surface area contributed by atoms with Crippen LogP contribution in [0.3, 0.4) is 0 Å². The number of ether oxygens (including phenoxy) is 1. The van der Waals surface area contributed by atoms with Crippen molar-refractivity contribution in [3.63, 3.8) is 0 Å². The Morgan fingerprint density at radius 3 is 2.79 bits per heavy atom. The summed E-state index contributed by atoms with van der Waals surface area (Å²) in [7, 11) is 0. The Balaban J connectivity index is 0.00000208. The second-order valence-electron chi connectivity index (χ2n) is 6.78. The SMILES string of the molecule is Cl.O=C(CCc1cccc(OC2CCCC2)c1)N[C@H]1CCCNC1. The van der Waals surface area contributed by atoms with Gasteiger partial charge in [-0.1, -0.05) is 12.1 Å². The maximum absolute atomic E-state index is 12.1. The summed E-state index contributed by atoms with van der Waals surface area (Å²) < 4.78 is 6.04. The van der Waals surface area contributed by atoms with Crippen molar-refractivity contribution in [2.75, 3.05) is 13.1 Å². The molecule has 1 atom stereocenters. The van der Waals surface area contributed by atoms with Gasteiger partial charge in [0, 0.05) is 19.0 Å². The lowest BCUT2D eigenvalue weighted by Gasteiger charge is -2.23. The van der Waals surface area contributed by atoms with E-state index in [9.17, 15) is 4.79 Å². The minimum Gasteiger partial charge on any atom is -0.490 e. The third-order valence-corrected chi connectivity index (χ3v) is 4.81. The fourth-order valence-electron chi connectivity index (χ4n) is 3.51. The molecule has 0 spiro atoms. The molecule has 1 aromatic rings. The van der Waals surface area contributed by atoms with E-state index in [4.69, 9.17) is 4.74 Å². The highest BCUT2D eigenvalue weighted by atomic mass is 35.5. The molecule has 0 bridgehead atoms. The number of benzene rings is 1. The first-order chi connectivity index (χ1) is 11.3. The number of rotatable bonds is 6. The molecule has 0 aromatic heterocycles. The molecule has 1 aromatic carbocycles. The van der Waals surface area contributed by atoms with Crippen molar-refractivity contribution < 1.29 is 9.53 Å². The third-order valence-electron chi connectivity index (χ3n) is 4.81. The zero-order chi connectivity index (χ0) is 15.9. The molecule has 0 unspecified atom stereocenters. The summed E-state index contributed by atoms with van der Waals surface area (Å²) in [6.07, 6.45) is 8.82. The number of hydrogen-bond donors (Lipinski definition) is 2. The van der Waals surface area contributed by atoms with Crippen molar-refractivity contribution in [3.05, 3.63) is 29.8 Å². The van der Waals surface area contributed by atoms with E-state index in [2.05, 4.69) is 22.8 Å². The number of piperidine rings is 1. The van der Waals surface area contributed by atoms with Gasteiger partial charge in [-0.15, -0.1) is 12.4 Å². The monoisotopic (exact) mass is 352 g/mol. The van der Waals surface area contributed by atoms with Gasteiger partial charge in [-0.25, -0.2) is 0 Å². The number of amides is 1. The normalized spacial score (nSPS) is 21.1. The quantitative estimate of drug-likeness (QED) is 0.826. The van der Waals surface area contributed by atoms with Crippen LogP contribution in [0.25, 0.3) is 0 Å². The standard InChI is InChI=1S/C19H28N2O2.ClH/c22-19(21-16-6-4-12-20-14-16)11-10-15-5-3-9-18(13-15)23-17-7-1-2-8-17;/h3,5,9,13,16-17,20H,1-2,4,6-8,10-12,14H2,(H,21,22);1H/t16-;/m0./s1. The predicted molar refractivity (Wildman–Crippen MR) is 98.9 cm³/mol. The number of aryl methyl sites for hydroxylation is 1. The van der Waals surface area contributed by atoms with Gasteiger partial charge in [0.2, 0.25) is 5.91 Å².